The minimum absolute atomic E-state index is 0.305. The molecule has 3 atom stereocenters. The van der Waals surface area contributed by atoms with Crippen molar-refractivity contribution in [1.29, 1.82) is 0 Å². The second kappa shape index (κ2) is 11.1. The maximum Gasteiger partial charge on any atom is 0.191 e. The third-order valence-corrected chi connectivity index (χ3v) is 7.08. The normalized spacial score (nSPS) is 21.0. The fourth-order valence-electron chi connectivity index (χ4n) is 3.83. The number of benzene rings is 1. The average Bonchev–Trinajstić information content (AvgIpc) is 3.19. The van der Waals surface area contributed by atoms with Crippen LogP contribution in [0.25, 0.3) is 0 Å². The Morgan fingerprint density at radius 2 is 2.10 bits per heavy atom. The highest BCUT2D eigenvalue weighted by atomic mass is 32.2. The van der Waals surface area contributed by atoms with Gasteiger partial charge in [-0.15, -0.1) is 0 Å². The summed E-state index contributed by atoms with van der Waals surface area (Å²) in [7, 11) is -0.717. The molecule has 1 aliphatic rings. The first-order chi connectivity index (χ1) is 14.2. The van der Waals surface area contributed by atoms with E-state index < -0.39 is 10.8 Å². The van der Waals surface area contributed by atoms with Crippen LogP contribution in [-0.4, -0.2) is 43.3 Å². The summed E-state index contributed by atoms with van der Waals surface area (Å²) in [6.07, 6.45) is 8.08. The van der Waals surface area contributed by atoms with E-state index in [4.69, 9.17) is 4.99 Å². The predicted octanol–water partition coefficient (Wildman–Crippen LogP) is 3.07. The molecule has 3 unspecified atom stereocenters. The molecule has 6 nitrogen and oxygen atoms in total. The molecule has 0 bridgehead atoms. The minimum Gasteiger partial charge on any atom is -0.357 e. The van der Waals surface area contributed by atoms with Crippen LogP contribution in [0.2, 0.25) is 0 Å². The maximum absolute atomic E-state index is 12.2. The molecular formula is C22H33N5OS. The monoisotopic (exact) mass is 415 g/mol. The van der Waals surface area contributed by atoms with E-state index in [1.54, 1.807) is 0 Å². The number of nitrogens with zero attached hydrogens (tertiary/aromatic N) is 3. The second-order valence-electron chi connectivity index (χ2n) is 7.45. The summed E-state index contributed by atoms with van der Waals surface area (Å²) in [6, 6.07) is 10.7. The summed E-state index contributed by atoms with van der Waals surface area (Å²) in [5.41, 5.74) is 1.25. The van der Waals surface area contributed by atoms with Crippen molar-refractivity contribution in [3.63, 3.8) is 0 Å². The number of hydrogen-bond acceptors (Lipinski definition) is 3. The van der Waals surface area contributed by atoms with E-state index >= 15 is 0 Å². The summed E-state index contributed by atoms with van der Waals surface area (Å²) in [6.45, 7) is 6.20. The molecule has 29 heavy (non-hydrogen) atoms. The lowest BCUT2D eigenvalue weighted by Gasteiger charge is -2.30. The fraction of sp³-hybridized carbons (Fsp3) is 0.545. The van der Waals surface area contributed by atoms with E-state index in [1.807, 2.05) is 25.4 Å². The zero-order valence-corrected chi connectivity index (χ0v) is 18.3. The predicted molar refractivity (Wildman–Crippen MR) is 120 cm³/mol. The third-order valence-electron chi connectivity index (χ3n) is 5.34. The molecule has 0 aliphatic heterocycles. The van der Waals surface area contributed by atoms with E-state index in [9.17, 15) is 4.21 Å². The van der Waals surface area contributed by atoms with Crippen molar-refractivity contribution in [3.8, 4) is 0 Å². The largest absolute Gasteiger partial charge is 0.357 e. The molecule has 3 rings (SSSR count). The lowest BCUT2D eigenvalue weighted by Crippen LogP contribution is -2.46. The molecule has 1 fully saturated rings. The van der Waals surface area contributed by atoms with Crippen LogP contribution in [-0.2, 0) is 23.9 Å². The molecule has 7 heteroatoms. The van der Waals surface area contributed by atoms with Gasteiger partial charge in [0, 0.05) is 53.3 Å². The van der Waals surface area contributed by atoms with Gasteiger partial charge in [-0.3, -0.25) is 4.21 Å². The first-order valence-electron chi connectivity index (χ1n) is 10.7. The molecule has 2 aromatic rings. The third kappa shape index (κ3) is 6.42. The number of rotatable bonds is 8. The van der Waals surface area contributed by atoms with Gasteiger partial charge in [0.15, 0.2) is 5.96 Å². The lowest BCUT2D eigenvalue weighted by atomic mass is 9.95. The first-order valence-corrected chi connectivity index (χ1v) is 12.0. The van der Waals surface area contributed by atoms with Crippen molar-refractivity contribution in [2.45, 2.75) is 63.9 Å². The number of aromatic nitrogens is 2. The van der Waals surface area contributed by atoms with E-state index in [2.05, 4.69) is 51.4 Å². The van der Waals surface area contributed by atoms with Gasteiger partial charge < -0.3 is 15.2 Å². The SMILES string of the molecule is CCNC(=NCc1nccn1Cc1ccccc1)NC1CCCC(S(=O)CC)C1. The molecule has 1 aliphatic carbocycles. The van der Waals surface area contributed by atoms with E-state index in [-0.39, 0.29) is 0 Å². The van der Waals surface area contributed by atoms with Crippen LogP contribution >= 0.6 is 0 Å². The number of aliphatic imine (C=N–C) groups is 1. The van der Waals surface area contributed by atoms with Crippen molar-refractivity contribution in [2.75, 3.05) is 12.3 Å². The van der Waals surface area contributed by atoms with Crippen molar-refractivity contribution in [3.05, 3.63) is 54.1 Å². The molecule has 2 N–H and O–H groups in total. The quantitative estimate of drug-likeness (QED) is 0.513. The molecule has 0 spiro atoms. The minimum atomic E-state index is -0.717. The van der Waals surface area contributed by atoms with Crippen molar-refractivity contribution in [2.24, 2.45) is 4.99 Å². The molecule has 1 heterocycles. The molecule has 0 amide bonds. The molecule has 0 radical (unpaired) electrons. The molecular weight excluding hydrogens is 382 g/mol. The van der Waals surface area contributed by atoms with Crippen molar-refractivity contribution < 1.29 is 4.21 Å². The molecule has 158 valence electrons. The lowest BCUT2D eigenvalue weighted by molar-refractivity contribution is 0.413. The van der Waals surface area contributed by atoms with Crippen LogP contribution in [0.3, 0.4) is 0 Å². The van der Waals surface area contributed by atoms with Crippen LogP contribution in [0.1, 0.15) is 50.9 Å². The van der Waals surface area contributed by atoms with Gasteiger partial charge in [-0.2, -0.15) is 0 Å². The van der Waals surface area contributed by atoms with Gasteiger partial charge in [0.05, 0.1) is 0 Å². The zero-order valence-electron chi connectivity index (χ0n) is 17.5. The van der Waals surface area contributed by atoms with Crippen LogP contribution in [0, 0.1) is 0 Å². The van der Waals surface area contributed by atoms with Crippen molar-refractivity contribution >= 4 is 16.8 Å². The standard InChI is InChI=1S/C22H33N5OS/c1-3-23-22(26-19-11-8-12-20(15-19)29(28)4-2)25-16-21-24-13-14-27(21)17-18-9-6-5-7-10-18/h5-7,9-10,13-14,19-20H,3-4,8,11-12,15-17H2,1-2H3,(H2,23,25,26). The summed E-state index contributed by atoms with van der Waals surface area (Å²) >= 11 is 0. The Hall–Kier alpha value is -2.15. The summed E-state index contributed by atoms with van der Waals surface area (Å²) in [4.78, 5) is 9.28. The Morgan fingerprint density at radius 1 is 1.28 bits per heavy atom. The highest BCUT2D eigenvalue weighted by Gasteiger charge is 2.26. The summed E-state index contributed by atoms with van der Waals surface area (Å²) in [5.74, 6) is 2.50. The smallest absolute Gasteiger partial charge is 0.191 e. The van der Waals surface area contributed by atoms with E-state index in [1.165, 1.54) is 5.56 Å². The number of hydrogen-bond donors (Lipinski definition) is 2. The molecule has 1 aromatic carbocycles. The van der Waals surface area contributed by atoms with Gasteiger partial charge in [0.1, 0.15) is 12.4 Å². The Balaban J connectivity index is 1.62. The highest BCUT2D eigenvalue weighted by Crippen LogP contribution is 2.23. The van der Waals surface area contributed by atoms with Crippen molar-refractivity contribution in [1.82, 2.24) is 20.2 Å². The number of nitrogens with one attached hydrogen (secondary N) is 2. The Kier molecular flexibility index (Phi) is 8.28. The number of imidazole rings is 1. The highest BCUT2D eigenvalue weighted by molar-refractivity contribution is 7.85. The first kappa shape index (κ1) is 21.6. The topological polar surface area (TPSA) is 71.3 Å². The molecule has 1 saturated carbocycles. The fourth-order valence-corrected chi connectivity index (χ4v) is 5.18. The molecule has 0 saturated heterocycles. The van der Waals surface area contributed by atoms with E-state index in [0.29, 0.717) is 17.8 Å². The van der Waals surface area contributed by atoms with Crippen LogP contribution in [0.15, 0.2) is 47.7 Å². The molecule has 1 aromatic heterocycles. The Labute approximate surface area is 176 Å². The van der Waals surface area contributed by atoms with Gasteiger partial charge in [-0.1, -0.05) is 43.7 Å². The van der Waals surface area contributed by atoms with Crippen LogP contribution in [0.5, 0.6) is 0 Å². The summed E-state index contributed by atoms with van der Waals surface area (Å²) in [5, 5.41) is 7.21. The van der Waals surface area contributed by atoms with Gasteiger partial charge in [0.25, 0.3) is 0 Å². The van der Waals surface area contributed by atoms with Gasteiger partial charge in [-0.05, 0) is 31.7 Å². The zero-order chi connectivity index (χ0) is 20.5. The van der Waals surface area contributed by atoms with Crippen LogP contribution in [0.4, 0.5) is 0 Å². The van der Waals surface area contributed by atoms with Crippen LogP contribution < -0.4 is 10.6 Å². The second-order valence-corrected chi connectivity index (χ2v) is 9.46. The maximum atomic E-state index is 12.2. The van der Waals surface area contributed by atoms with Gasteiger partial charge >= 0.3 is 0 Å². The Morgan fingerprint density at radius 3 is 2.86 bits per heavy atom. The van der Waals surface area contributed by atoms with Gasteiger partial charge in [0.2, 0.25) is 0 Å². The Bertz CT molecular complexity index is 805. The van der Waals surface area contributed by atoms with E-state index in [0.717, 1.165) is 56.3 Å². The summed E-state index contributed by atoms with van der Waals surface area (Å²) < 4.78 is 14.4. The number of guanidine groups is 1. The van der Waals surface area contributed by atoms with Gasteiger partial charge in [-0.25, -0.2) is 9.98 Å². The average molecular weight is 416 g/mol.